The van der Waals surface area contributed by atoms with Gasteiger partial charge in [-0.15, -0.1) is 0 Å². The Hall–Kier alpha value is -2.59. The van der Waals surface area contributed by atoms with Crippen LogP contribution in [0.5, 0.6) is 0 Å². The average Bonchev–Trinajstić information content (AvgIpc) is 2.74. The van der Waals surface area contributed by atoms with Gasteiger partial charge in [0, 0.05) is 12.6 Å². The highest BCUT2D eigenvalue weighted by Gasteiger charge is 2.25. The summed E-state index contributed by atoms with van der Waals surface area (Å²) in [6.45, 7) is 2.12. The lowest BCUT2D eigenvalue weighted by Gasteiger charge is -2.26. The second-order valence-corrected chi connectivity index (χ2v) is 9.37. The van der Waals surface area contributed by atoms with E-state index in [9.17, 15) is 8.42 Å². The molecule has 144 valence electrons. The van der Waals surface area contributed by atoms with Crippen molar-refractivity contribution >= 4 is 15.7 Å². The van der Waals surface area contributed by atoms with Gasteiger partial charge in [0.2, 0.25) is 0 Å². The largest absolute Gasteiger partial charge is 0.269 e. The number of para-hydroxylation sites is 1. The zero-order valence-corrected chi connectivity index (χ0v) is 17.2. The molecule has 0 radical (unpaired) electrons. The molecule has 1 aliphatic carbocycles. The first-order valence-corrected chi connectivity index (χ1v) is 11.2. The molecule has 3 nitrogen and oxygen atoms in total. The van der Waals surface area contributed by atoms with Gasteiger partial charge in [0.25, 0.3) is 10.0 Å². The van der Waals surface area contributed by atoms with Crippen molar-refractivity contribution in [3.8, 4) is 11.1 Å². The van der Waals surface area contributed by atoms with E-state index < -0.39 is 10.0 Å². The number of benzene rings is 3. The molecule has 0 unspecified atom stereocenters. The second kappa shape index (κ2) is 7.44. The van der Waals surface area contributed by atoms with Crippen LogP contribution in [0.3, 0.4) is 0 Å². The number of hydrogen-bond donors (Lipinski definition) is 0. The SMILES string of the molecule is Cc1ccc2c(c1-c1ccccc1N(C)S(=O)(=O)c1ccccc1)CCCC2. The predicted octanol–water partition coefficient (Wildman–Crippen LogP) is 5.37. The second-order valence-electron chi connectivity index (χ2n) is 7.40. The van der Waals surface area contributed by atoms with Gasteiger partial charge in [-0.1, -0.05) is 48.5 Å². The van der Waals surface area contributed by atoms with E-state index in [2.05, 4.69) is 19.1 Å². The maximum atomic E-state index is 13.2. The van der Waals surface area contributed by atoms with Crippen molar-refractivity contribution in [2.45, 2.75) is 37.5 Å². The Kier molecular flexibility index (Phi) is 4.98. The van der Waals surface area contributed by atoms with E-state index >= 15 is 0 Å². The molecule has 0 aromatic heterocycles. The Morgan fingerprint density at radius 3 is 2.29 bits per heavy atom. The predicted molar refractivity (Wildman–Crippen MR) is 115 cm³/mol. The average molecular weight is 392 g/mol. The normalized spacial score (nSPS) is 13.8. The van der Waals surface area contributed by atoms with E-state index in [1.54, 1.807) is 31.3 Å². The molecule has 3 aromatic rings. The van der Waals surface area contributed by atoms with Crippen LogP contribution in [0.4, 0.5) is 5.69 Å². The summed E-state index contributed by atoms with van der Waals surface area (Å²) in [6.07, 6.45) is 4.56. The molecule has 0 heterocycles. The van der Waals surface area contributed by atoms with Gasteiger partial charge in [-0.05, 0) is 73.1 Å². The Balaban J connectivity index is 1.88. The molecule has 0 bridgehead atoms. The summed E-state index contributed by atoms with van der Waals surface area (Å²) in [6, 6.07) is 20.9. The highest BCUT2D eigenvalue weighted by molar-refractivity contribution is 7.92. The van der Waals surface area contributed by atoms with Crippen molar-refractivity contribution < 1.29 is 8.42 Å². The monoisotopic (exact) mass is 391 g/mol. The van der Waals surface area contributed by atoms with E-state index in [0.29, 0.717) is 10.6 Å². The number of fused-ring (bicyclic) bond motifs is 1. The molecule has 4 heteroatoms. The Bertz CT molecular complexity index is 1100. The van der Waals surface area contributed by atoms with Gasteiger partial charge in [-0.3, -0.25) is 4.31 Å². The molecule has 0 atom stereocenters. The summed E-state index contributed by atoms with van der Waals surface area (Å²) < 4.78 is 27.8. The van der Waals surface area contributed by atoms with E-state index in [-0.39, 0.29) is 0 Å². The molecular formula is C24H25NO2S. The lowest BCUT2D eigenvalue weighted by Crippen LogP contribution is -2.27. The van der Waals surface area contributed by atoms with Crippen molar-refractivity contribution in [1.29, 1.82) is 0 Å². The van der Waals surface area contributed by atoms with Crippen LogP contribution in [-0.4, -0.2) is 15.5 Å². The number of rotatable bonds is 4. The van der Waals surface area contributed by atoms with Crippen LogP contribution >= 0.6 is 0 Å². The number of aryl methyl sites for hydroxylation is 2. The third kappa shape index (κ3) is 3.22. The summed E-state index contributed by atoms with van der Waals surface area (Å²) in [5, 5.41) is 0. The van der Waals surface area contributed by atoms with Gasteiger partial charge in [-0.2, -0.15) is 0 Å². The van der Waals surface area contributed by atoms with Crippen molar-refractivity contribution in [3.05, 3.63) is 83.4 Å². The van der Waals surface area contributed by atoms with Gasteiger partial charge >= 0.3 is 0 Å². The maximum absolute atomic E-state index is 13.2. The minimum atomic E-state index is -3.62. The summed E-state index contributed by atoms with van der Waals surface area (Å²) in [5.41, 5.74) is 6.87. The van der Waals surface area contributed by atoms with Crippen molar-refractivity contribution in [2.24, 2.45) is 0 Å². The van der Waals surface area contributed by atoms with Crippen molar-refractivity contribution in [3.63, 3.8) is 0 Å². The zero-order chi connectivity index (χ0) is 19.7. The van der Waals surface area contributed by atoms with Crippen LogP contribution < -0.4 is 4.31 Å². The quantitative estimate of drug-likeness (QED) is 0.600. The number of hydrogen-bond acceptors (Lipinski definition) is 2. The molecule has 0 N–H and O–H groups in total. The topological polar surface area (TPSA) is 37.4 Å². The van der Waals surface area contributed by atoms with Crippen molar-refractivity contribution in [2.75, 3.05) is 11.4 Å². The first kappa shape index (κ1) is 18.8. The molecule has 1 aliphatic rings. The van der Waals surface area contributed by atoms with E-state index in [1.165, 1.54) is 39.4 Å². The van der Waals surface area contributed by atoms with Crippen LogP contribution in [0.25, 0.3) is 11.1 Å². The molecule has 0 spiro atoms. The minimum absolute atomic E-state index is 0.305. The summed E-state index contributed by atoms with van der Waals surface area (Å²) >= 11 is 0. The van der Waals surface area contributed by atoms with Crippen LogP contribution in [0.15, 0.2) is 71.6 Å². The van der Waals surface area contributed by atoms with Gasteiger partial charge in [0.05, 0.1) is 10.6 Å². The molecule has 0 saturated carbocycles. The van der Waals surface area contributed by atoms with Crippen molar-refractivity contribution in [1.82, 2.24) is 0 Å². The molecule has 28 heavy (non-hydrogen) atoms. The first-order valence-electron chi connectivity index (χ1n) is 9.75. The van der Waals surface area contributed by atoms with Crippen LogP contribution in [0.2, 0.25) is 0 Å². The van der Waals surface area contributed by atoms with Gasteiger partial charge < -0.3 is 0 Å². The Morgan fingerprint density at radius 1 is 0.821 bits per heavy atom. The summed E-state index contributed by atoms with van der Waals surface area (Å²) in [4.78, 5) is 0.305. The number of sulfonamides is 1. The molecule has 4 rings (SSSR count). The minimum Gasteiger partial charge on any atom is -0.269 e. The summed E-state index contributed by atoms with van der Waals surface area (Å²) in [5.74, 6) is 0. The standard InChI is InChI=1S/C24H25NO2S/c1-18-16-17-19-10-6-7-13-21(19)24(18)22-14-8-9-15-23(22)25(2)28(26,27)20-11-4-3-5-12-20/h3-5,8-9,11-12,14-17H,6-7,10,13H2,1-2H3. The molecule has 0 saturated heterocycles. The third-order valence-corrected chi connectivity index (χ3v) is 7.44. The van der Waals surface area contributed by atoms with Crippen LogP contribution in [0.1, 0.15) is 29.5 Å². The fourth-order valence-corrected chi connectivity index (χ4v) is 5.40. The van der Waals surface area contributed by atoms with E-state index in [0.717, 1.165) is 18.4 Å². The highest BCUT2D eigenvalue weighted by atomic mass is 32.2. The third-order valence-electron chi connectivity index (χ3n) is 5.66. The lowest BCUT2D eigenvalue weighted by molar-refractivity contribution is 0.594. The highest BCUT2D eigenvalue weighted by Crippen LogP contribution is 2.40. The fraction of sp³-hybridized carbons (Fsp3) is 0.250. The number of anilines is 1. The molecule has 0 amide bonds. The molecule has 0 aliphatic heterocycles. The van der Waals surface area contributed by atoms with E-state index in [4.69, 9.17) is 0 Å². The van der Waals surface area contributed by atoms with Crippen LogP contribution in [-0.2, 0) is 22.9 Å². The van der Waals surface area contributed by atoms with Crippen LogP contribution in [0, 0.1) is 6.92 Å². The Labute approximate surface area is 167 Å². The molecular weight excluding hydrogens is 366 g/mol. The zero-order valence-electron chi connectivity index (χ0n) is 16.4. The maximum Gasteiger partial charge on any atom is 0.264 e. The lowest BCUT2D eigenvalue weighted by atomic mass is 9.83. The number of nitrogens with zero attached hydrogens (tertiary/aromatic N) is 1. The summed E-state index contributed by atoms with van der Waals surface area (Å²) in [7, 11) is -1.98. The first-order chi connectivity index (χ1) is 13.5. The molecule has 3 aromatic carbocycles. The van der Waals surface area contributed by atoms with Gasteiger partial charge in [0.1, 0.15) is 0 Å². The smallest absolute Gasteiger partial charge is 0.264 e. The van der Waals surface area contributed by atoms with Gasteiger partial charge in [0.15, 0.2) is 0 Å². The Morgan fingerprint density at radius 2 is 1.50 bits per heavy atom. The fourth-order valence-electron chi connectivity index (χ4n) is 4.16. The van der Waals surface area contributed by atoms with Gasteiger partial charge in [-0.25, -0.2) is 8.42 Å². The van der Waals surface area contributed by atoms with E-state index in [1.807, 2.05) is 30.3 Å². The molecule has 0 fully saturated rings.